The van der Waals surface area contributed by atoms with E-state index >= 15 is 0 Å². The third-order valence-electron chi connectivity index (χ3n) is 4.69. The van der Waals surface area contributed by atoms with Crippen molar-refractivity contribution in [3.8, 4) is 22.3 Å². The maximum atomic E-state index is 12.5. The zero-order valence-electron chi connectivity index (χ0n) is 16.3. The van der Waals surface area contributed by atoms with Crippen molar-refractivity contribution in [2.75, 3.05) is 20.3 Å². The van der Waals surface area contributed by atoms with Gasteiger partial charge in [0.05, 0.1) is 12.1 Å². The topological polar surface area (TPSA) is 94.1 Å². The molecule has 152 valence electrons. The molecule has 4 aromatic rings. The Bertz CT molecular complexity index is 1280. The smallest absolute Gasteiger partial charge is 0.242 e. The van der Waals surface area contributed by atoms with Crippen molar-refractivity contribution < 1.29 is 13.2 Å². The van der Waals surface area contributed by atoms with E-state index in [4.69, 9.17) is 4.74 Å². The van der Waals surface area contributed by atoms with Crippen LogP contribution in [0.3, 0.4) is 0 Å². The van der Waals surface area contributed by atoms with Crippen molar-refractivity contribution >= 4 is 20.9 Å². The van der Waals surface area contributed by atoms with Crippen LogP contribution in [0.4, 0.5) is 0 Å². The number of rotatable bonds is 7. The highest BCUT2D eigenvalue weighted by atomic mass is 32.2. The van der Waals surface area contributed by atoms with Crippen LogP contribution in [0.5, 0.6) is 0 Å². The van der Waals surface area contributed by atoms with Crippen molar-refractivity contribution in [3.63, 3.8) is 0 Å². The third kappa shape index (κ3) is 4.20. The predicted molar refractivity (Wildman–Crippen MR) is 115 cm³/mol. The molecule has 30 heavy (non-hydrogen) atoms. The Labute approximate surface area is 174 Å². The van der Waals surface area contributed by atoms with E-state index in [1.54, 1.807) is 30.9 Å². The Morgan fingerprint density at radius 1 is 0.900 bits per heavy atom. The second kappa shape index (κ2) is 8.66. The maximum absolute atomic E-state index is 12.5. The van der Waals surface area contributed by atoms with Crippen molar-refractivity contribution in [3.05, 3.63) is 73.4 Å². The van der Waals surface area contributed by atoms with Crippen molar-refractivity contribution in [2.45, 2.75) is 4.90 Å². The Morgan fingerprint density at radius 2 is 1.73 bits per heavy atom. The summed E-state index contributed by atoms with van der Waals surface area (Å²) in [4.78, 5) is 12.8. The quantitative estimate of drug-likeness (QED) is 0.461. The lowest BCUT2D eigenvalue weighted by Gasteiger charge is -2.10. The van der Waals surface area contributed by atoms with Gasteiger partial charge in [-0.25, -0.2) is 13.1 Å². The molecular weight excluding hydrogens is 400 g/mol. The average Bonchev–Trinajstić information content (AvgIpc) is 2.79. The van der Waals surface area contributed by atoms with Gasteiger partial charge in [0, 0.05) is 55.6 Å². The third-order valence-corrected chi connectivity index (χ3v) is 6.12. The van der Waals surface area contributed by atoms with E-state index in [1.165, 1.54) is 13.3 Å². The number of methoxy groups -OCH3 is 1. The van der Waals surface area contributed by atoms with Gasteiger partial charge in [-0.05, 0) is 53.1 Å². The minimum Gasteiger partial charge on any atom is -0.383 e. The van der Waals surface area contributed by atoms with Crippen LogP contribution in [0.2, 0.25) is 0 Å². The van der Waals surface area contributed by atoms with E-state index in [0.717, 1.165) is 27.6 Å². The lowest BCUT2D eigenvalue weighted by Crippen LogP contribution is -2.27. The number of benzene rings is 1. The van der Waals surface area contributed by atoms with Gasteiger partial charge in [-0.3, -0.25) is 15.0 Å². The predicted octanol–water partition coefficient (Wildman–Crippen LogP) is 3.28. The minimum absolute atomic E-state index is 0.108. The molecule has 8 heteroatoms. The fourth-order valence-corrected chi connectivity index (χ4v) is 4.19. The van der Waals surface area contributed by atoms with Gasteiger partial charge in [-0.2, -0.15) is 0 Å². The Hall–Kier alpha value is -3.20. The first-order valence-corrected chi connectivity index (χ1v) is 10.8. The molecule has 4 rings (SSSR count). The van der Waals surface area contributed by atoms with Crippen molar-refractivity contribution in [1.29, 1.82) is 0 Å². The molecule has 0 aliphatic heterocycles. The zero-order valence-corrected chi connectivity index (χ0v) is 17.1. The highest BCUT2D eigenvalue weighted by Crippen LogP contribution is 2.31. The normalized spacial score (nSPS) is 11.6. The summed E-state index contributed by atoms with van der Waals surface area (Å²) in [5.74, 6) is 0. The number of pyridine rings is 3. The maximum Gasteiger partial charge on any atom is 0.242 e. The van der Waals surface area contributed by atoms with Crippen LogP contribution in [-0.4, -0.2) is 43.6 Å². The number of aromatic nitrogens is 3. The number of sulfonamides is 1. The monoisotopic (exact) mass is 420 g/mol. The van der Waals surface area contributed by atoms with Gasteiger partial charge in [0.2, 0.25) is 10.0 Å². The van der Waals surface area contributed by atoms with E-state index < -0.39 is 10.0 Å². The molecule has 0 fully saturated rings. The van der Waals surface area contributed by atoms with Crippen LogP contribution >= 0.6 is 0 Å². The van der Waals surface area contributed by atoms with E-state index in [-0.39, 0.29) is 11.4 Å². The Balaban J connectivity index is 1.76. The molecule has 0 atom stereocenters. The van der Waals surface area contributed by atoms with Gasteiger partial charge in [-0.15, -0.1) is 0 Å². The number of hydrogen-bond donors (Lipinski definition) is 1. The summed E-state index contributed by atoms with van der Waals surface area (Å²) < 4.78 is 32.4. The molecule has 0 bridgehead atoms. The van der Waals surface area contributed by atoms with E-state index in [2.05, 4.69) is 19.7 Å². The second-order valence-corrected chi connectivity index (χ2v) is 8.39. The lowest BCUT2D eigenvalue weighted by molar-refractivity contribution is 0.204. The lowest BCUT2D eigenvalue weighted by atomic mass is 9.98. The molecule has 0 unspecified atom stereocenters. The summed E-state index contributed by atoms with van der Waals surface area (Å²) in [6.07, 6.45) is 8.26. The number of nitrogens with one attached hydrogen (secondary N) is 1. The van der Waals surface area contributed by atoms with Crippen molar-refractivity contribution in [2.24, 2.45) is 0 Å². The summed E-state index contributed by atoms with van der Waals surface area (Å²) >= 11 is 0. The molecule has 0 aliphatic carbocycles. The zero-order chi connectivity index (χ0) is 21.0. The van der Waals surface area contributed by atoms with Crippen LogP contribution in [0.15, 0.2) is 78.3 Å². The van der Waals surface area contributed by atoms with Gasteiger partial charge in [0.15, 0.2) is 0 Å². The van der Waals surface area contributed by atoms with E-state index in [1.807, 2.05) is 36.4 Å². The average molecular weight is 420 g/mol. The van der Waals surface area contributed by atoms with Gasteiger partial charge in [0.1, 0.15) is 4.90 Å². The van der Waals surface area contributed by atoms with Crippen LogP contribution in [0.1, 0.15) is 0 Å². The first-order valence-electron chi connectivity index (χ1n) is 9.32. The summed E-state index contributed by atoms with van der Waals surface area (Å²) in [5, 5.41) is 0.965. The van der Waals surface area contributed by atoms with E-state index in [9.17, 15) is 8.42 Å². The Kier molecular flexibility index (Phi) is 5.80. The molecule has 3 heterocycles. The molecule has 3 aromatic heterocycles. The molecular formula is C22H20N4O3S. The SMILES string of the molecule is COCCNS(=O)(=O)c1cncc(-c2ccc3nccc(-c4ccncc4)c3c2)c1. The van der Waals surface area contributed by atoms with Gasteiger partial charge in [-0.1, -0.05) is 6.07 Å². The molecule has 0 saturated heterocycles. The summed E-state index contributed by atoms with van der Waals surface area (Å²) in [6.45, 7) is 0.488. The van der Waals surface area contributed by atoms with Gasteiger partial charge < -0.3 is 4.74 Å². The van der Waals surface area contributed by atoms with Crippen molar-refractivity contribution in [1.82, 2.24) is 19.7 Å². The number of fused-ring (bicyclic) bond motifs is 1. The number of nitrogens with zero attached hydrogens (tertiary/aromatic N) is 3. The highest BCUT2D eigenvalue weighted by Gasteiger charge is 2.15. The van der Waals surface area contributed by atoms with Gasteiger partial charge in [0.25, 0.3) is 0 Å². The van der Waals surface area contributed by atoms with E-state index in [0.29, 0.717) is 12.2 Å². The molecule has 7 nitrogen and oxygen atoms in total. The first-order chi connectivity index (χ1) is 14.6. The van der Waals surface area contributed by atoms with Crippen LogP contribution in [0.25, 0.3) is 33.2 Å². The molecule has 0 spiro atoms. The molecule has 1 aromatic carbocycles. The largest absolute Gasteiger partial charge is 0.383 e. The molecule has 0 aliphatic rings. The molecule has 0 saturated carbocycles. The summed E-state index contributed by atoms with van der Waals surface area (Å²) in [5.41, 5.74) is 4.47. The number of ether oxygens (including phenoxy) is 1. The Morgan fingerprint density at radius 3 is 2.53 bits per heavy atom. The van der Waals surface area contributed by atoms with Crippen LogP contribution < -0.4 is 4.72 Å². The molecule has 0 amide bonds. The van der Waals surface area contributed by atoms with Crippen LogP contribution in [0, 0.1) is 0 Å². The highest BCUT2D eigenvalue weighted by molar-refractivity contribution is 7.89. The standard InChI is InChI=1S/C22H20N4O3S/c1-29-11-10-26-30(27,28)19-12-18(14-24-15-19)17-2-3-22-21(13-17)20(6-9-25-22)16-4-7-23-8-5-16/h2-9,12-15,26H,10-11H2,1H3. The second-order valence-electron chi connectivity index (χ2n) is 6.63. The minimum atomic E-state index is -3.67. The summed E-state index contributed by atoms with van der Waals surface area (Å²) in [7, 11) is -2.15. The fraction of sp³-hybridized carbons (Fsp3) is 0.136. The molecule has 0 radical (unpaired) electrons. The first kappa shape index (κ1) is 20.1. The summed E-state index contributed by atoms with van der Waals surface area (Å²) in [6, 6.07) is 13.3. The van der Waals surface area contributed by atoms with Crippen LogP contribution in [-0.2, 0) is 14.8 Å². The number of hydrogen-bond acceptors (Lipinski definition) is 6. The molecule has 1 N–H and O–H groups in total. The fourth-order valence-electron chi connectivity index (χ4n) is 3.19. The van der Waals surface area contributed by atoms with Gasteiger partial charge >= 0.3 is 0 Å².